The Morgan fingerprint density at radius 2 is 1.81 bits per heavy atom. The number of aromatic nitrogens is 1. The lowest BCUT2D eigenvalue weighted by Crippen LogP contribution is -2.40. The third-order valence-electron chi connectivity index (χ3n) is 5.28. The van der Waals surface area contributed by atoms with Crippen molar-refractivity contribution in [1.29, 1.82) is 0 Å². The molecule has 8 nitrogen and oxygen atoms in total. The van der Waals surface area contributed by atoms with Gasteiger partial charge in [0, 0.05) is 36.6 Å². The first-order chi connectivity index (χ1) is 15.3. The van der Waals surface area contributed by atoms with Crippen LogP contribution in [0.4, 0.5) is 4.39 Å². The predicted octanol–water partition coefficient (Wildman–Crippen LogP) is 1.66. The Labute approximate surface area is 184 Å². The van der Waals surface area contributed by atoms with Crippen molar-refractivity contribution in [2.45, 2.75) is 11.3 Å². The number of nitrogens with zero attached hydrogens (tertiary/aromatic N) is 1. The molecule has 1 fully saturated rings. The molecule has 2 heterocycles. The van der Waals surface area contributed by atoms with E-state index in [1.54, 1.807) is 12.1 Å². The lowest BCUT2D eigenvalue weighted by molar-refractivity contribution is 0.0730. The number of aromatic amines is 1. The van der Waals surface area contributed by atoms with E-state index in [2.05, 4.69) is 10.3 Å². The zero-order chi connectivity index (χ0) is 22.7. The van der Waals surface area contributed by atoms with E-state index in [9.17, 15) is 22.4 Å². The highest BCUT2D eigenvalue weighted by molar-refractivity contribution is 7.89. The molecule has 0 aliphatic carbocycles. The second-order valence-corrected chi connectivity index (χ2v) is 9.34. The molecule has 1 aromatic heterocycles. The van der Waals surface area contributed by atoms with Crippen LogP contribution < -0.4 is 10.9 Å². The molecule has 1 aliphatic rings. The zero-order valence-electron chi connectivity index (χ0n) is 17.1. The summed E-state index contributed by atoms with van der Waals surface area (Å²) in [5.74, 6) is -0.834. The molecule has 2 N–H and O–H groups in total. The number of morpholine rings is 1. The molecule has 32 heavy (non-hydrogen) atoms. The van der Waals surface area contributed by atoms with Crippen LogP contribution in [-0.4, -0.2) is 56.5 Å². The number of fused-ring (bicyclic) bond motifs is 1. The average molecular weight is 459 g/mol. The summed E-state index contributed by atoms with van der Waals surface area (Å²) in [5.41, 5.74) is 0.829. The minimum atomic E-state index is -3.76. The predicted molar refractivity (Wildman–Crippen MR) is 117 cm³/mol. The van der Waals surface area contributed by atoms with Crippen molar-refractivity contribution < 1.29 is 22.3 Å². The van der Waals surface area contributed by atoms with Gasteiger partial charge in [-0.05, 0) is 42.3 Å². The minimum Gasteiger partial charge on any atom is -0.379 e. The van der Waals surface area contributed by atoms with Crippen molar-refractivity contribution in [2.75, 3.05) is 32.8 Å². The van der Waals surface area contributed by atoms with Crippen LogP contribution >= 0.6 is 0 Å². The fourth-order valence-electron chi connectivity index (χ4n) is 3.58. The van der Waals surface area contributed by atoms with Crippen LogP contribution in [0.5, 0.6) is 0 Å². The van der Waals surface area contributed by atoms with E-state index in [0.29, 0.717) is 30.5 Å². The molecule has 0 radical (unpaired) electrons. The standard InChI is InChI=1S/C22H22FN3O5S/c23-16-3-1-15(2-4-16)7-8-24-22(28)19-14-21(27)25-20-6-5-17(13-18(19)20)32(29,30)26-9-11-31-12-10-26/h1-6,13-14H,7-12H2,(H,24,28)(H,25,27). The maximum atomic E-state index is 13.0. The van der Waals surface area contributed by atoms with Gasteiger partial charge in [-0.3, -0.25) is 9.59 Å². The van der Waals surface area contributed by atoms with Gasteiger partial charge >= 0.3 is 0 Å². The van der Waals surface area contributed by atoms with Gasteiger partial charge < -0.3 is 15.0 Å². The van der Waals surface area contributed by atoms with Gasteiger partial charge in [-0.1, -0.05) is 12.1 Å². The summed E-state index contributed by atoms with van der Waals surface area (Å²) >= 11 is 0. The maximum Gasteiger partial charge on any atom is 0.252 e. The van der Waals surface area contributed by atoms with Crippen molar-refractivity contribution in [3.8, 4) is 0 Å². The zero-order valence-corrected chi connectivity index (χ0v) is 18.0. The van der Waals surface area contributed by atoms with Gasteiger partial charge in [0.15, 0.2) is 0 Å². The first-order valence-corrected chi connectivity index (χ1v) is 11.6. The molecular formula is C22H22FN3O5S. The highest BCUT2D eigenvalue weighted by Crippen LogP contribution is 2.23. The highest BCUT2D eigenvalue weighted by Gasteiger charge is 2.27. The van der Waals surface area contributed by atoms with E-state index in [1.165, 1.54) is 34.6 Å². The lowest BCUT2D eigenvalue weighted by Gasteiger charge is -2.26. The molecule has 0 atom stereocenters. The van der Waals surface area contributed by atoms with Crippen LogP contribution in [-0.2, 0) is 21.2 Å². The molecule has 0 saturated carbocycles. The number of hydrogen-bond donors (Lipinski definition) is 2. The number of H-pyrrole nitrogens is 1. The molecule has 0 spiro atoms. The number of hydrogen-bond acceptors (Lipinski definition) is 5. The quantitative estimate of drug-likeness (QED) is 0.583. The van der Waals surface area contributed by atoms with E-state index >= 15 is 0 Å². The van der Waals surface area contributed by atoms with Crippen molar-refractivity contribution in [3.05, 3.63) is 75.8 Å². The lowest BCUT2D eigenvalue weighted by atomic mass is 10.1. The van der Waals surface area contributed by atoms with Crippen molar-refractivity contribution in [2.24, 2.45) is 0 Å². The monoisotopic (exact) mass is 459 g/mol. The number of carbonyl (C=O) groups excluding carboxylic acids is 1. The van der Waals surface area contributed by atoms with Crippen LogP contribution in [0.25, 0.3) is 10.9 Å². The molecule has 10 heteroatoms. The third kappa shape index (κ3) is 4.72. The minimum absolute atomic E-state index is 0.0410. The highest BCUT2D eigenvalue weighted by atomic mass is 32.2. The van der Waals surface area contributed by atoms with Crippen LogP contribution in [0.15, 0.2) is 58.2 Å². The summed E-state index contributed by atoms with van der Waals surface area (Å²) in [7, 11) is -3.76. The van der Waals surface area contributed by atoms with Crippen LogP contribution in [0.2, 0.25) is 0 Å². The molecule has 4 rings (SSSR count). The van der Waals surface area contributed by atoms with Crippen molar-refractivity contribution in [1.82, 2.24) is 14.6 Å². The van der Waals surface area contributed by atoms with Gasteiger partial charge in [0.2, 0.25) is 15.6 Å². The largest absolute Gasteiger partial charge is 0.379 e. The first-order valence-electron chi connectivity index (χ1n) is 10.1. The normalized spacial score (nSPS) is 15.0. The van der Waals surface area contributed by atoms with Gasteiger partial charge in [0.25, 0.3) is 5.91 Å². The Bertz CT molecular complexity index is 1300. The Balaban J connectivity index is 1.60. The molecule has 0 bridgehead atoms. The number of rotatable bonds is 6. The van der Waals surface area contributed by atoms with Crippen molar-refractivity contribution >= 4 is 26.8 Å². The van der Waals surface area contributed by atoms with Gasteiger partial charge in [0.05, 0.1) is 23.7 Å². The summed E-state index contributed by atoms with van der Waals surface area (Å²) in [6, 6.07) is 11.4. The van der Waals surface area contributed by atoms with Crippen LogP contribution in [0.3, 0.4) is 0 Å². The Morgan fingerprint density at radius 3 is 2.53 bits per heavy atom. The first kappa shape index (κ1) is 22.1. The van der Waals surface area contributed by atoms with Gasteiger partial charge in [-0.25, -0.2) is 12.8 Å². The number of pyridine rings is 1. The fourth-order valence-corrected chi connectivity index (χ4v) is 5.02. The Kier molecular flexibility index (Phi) is 6.35. The van der Waals surface area contributed by atoms with E-state index in [0.717, 1.165) is 11.6 Å². The van der Waals surface area contributed by atoms with Gasteiger partial charge in [-0.15, -0.1) is 0 Å². The smallest absolute Gasteiger partial charge is 0.252 e. The van der Waals surface area contributed by atoms with E-state index in [4.69, 9.17) is 4.74 Å². The summed E-state index contributed by atoms with van der Waals surface area (Å²) in [6.07, 6.45) is 0.476. The van der Waals surface area contributed by atoms with E-state index in [-0.39, 0.29) is 35.9 Å². The number of sulfonamides is 1. The van der Waals surface area contributed by atoms with Crippen LogP contribution in [0.1, 0.15) is 15.9 Å². The Hall–Kier alpha value is -3.08. The molecule has 0 unspecified atom stereocenters. The van der Waals surface area contributed by atoms with E-state index in [1.807, 2.05) is 0 Å². The van der Waals surface area contributed by atoms with E-state index < -0.39 is 21.5 Å². The second kappa shape index (κ2) is 9.19. The number of halogens is 1. The fraction of sp³-hybridized carbons (Fsp3) is 0.273. The molecule has 1 amide bonds. The van der Waals surface area contributed by atoms with Gasteiger partial charge in [0.1, 0.15) is 5.82 Å². The molecule has 1 saturated heterocycles. The van der Waals surface area contributed by atoms with Crippen LogP contribution in [0, 0.1) is 5.82 Å². The summed E-state index contributed by atoms with van der Waals surface area (Å²) in [6.45, 7) is 1.42. The van der Waals surface area contributed by atoms with Crippen molar-refractivity contribution in [3.63, 3.8) is 0 Å². The molecular weight excluding hydrogens is 437 g/mol. The molecule has 1 aliphatic heterocycles. The SMILES string of the molecule is O=C(NCCc1ccc(F)cc1)c1cc(=O)[nH]c2ccc(S(=O)(=O)N3CCOCC3)cc12. The summed E-state index contributed by atoms with van der Waals surface area (Å²) < 4.78 is 45.6. The molecule has 2 aromatic carbocycles. The number of amides is 1. The summed E-state index contributed by atoms with van der Waals surface area (Å²) in [4.78, 5) is 27.5. The Morgan fingerprint density at radius 1 is 1.09 bits per heavy atom. The number of ether oxygens (including phenoxy) is 1. The number of nitrogens with one attached hydrogen (secondary N) is 2. The van der Waals surface area contributed by atoms with Gasteiger partial charge in [-0.2, -0.15) is 4.31 Å². The average Bonchev–Trinajstić information content (AvgIpc) is 2.80. The molecule has 3 aromatic rings. The second-order valence-electron chi connectivity index (χ2n) is 7.40. The molecule has 168 valence electrons. The third-order valence-corrected chi connectivity index (χ3v) is 7.17. The topological polar surface area (TPSA) is 109 Å². The maximum absolute atomic E-state index is 13.0. The number of carbonyl (C=O) groups is 1. The summed E-state index contributed by atoms with van der Waals surface area (Å²) in [5, 5.41) is 3.07. The number of benzene rings is 2.